The van der Waals surface area contributed by atoms with Crippen molar-refractivity contribution >= 4 is 27.9 Å². The van der Waals surface area contributed by atoms with E-state index in [1.807, 2.05) is 24.3 Å². The van der Waals surface area contributed by atoms with Crippen molar-refractivity contribution in [2.24, 2.45) is 0 Å². The zero-order valence-corrected chi connectivity index (χ0v) is 11.9. The molecule has 19 heavy (non-hydrogen) atoms. The third kappa shape index (κ3) is 3.26. The van der Waals surface area contributed by atoms with E-state index in [4.69, 9.17) is 5.11 Å². The van der Waals surface area contributed by atoms with Crippen LogP contribution in [-0.4, -0.2) is 34.6 Å². The fraction of sp³-hybridized carbons (Fsp3) is 0.385. The summed E-state index contributed by atoms with van der Waals surface area (Å²) in [5, 5.41) is 11.8. The number of amides is 2. The number of hydrogen-bond donors (Lipinski definition) is 2. The molecule has 1 fully saturated rings. The molecule has 5 nitrogen and oxygen atoms in total. The van der Waals surface area contributed by atoms with Gasteiger partial charge in [0.15, 0.2) is 0 Å². The van der Waals surface area contributed by atoms with E-state index in [0.717, 1.165) is 16.5 Å². The first-order valence-corrected chi connectivity index (χ1v) is 6.89. The molecule has 0 saturated carbocycles. The molecule has 1 aromatic rings. The number of rotatable bonds is 3. The summed E-state index contributed by atoms with van der Waals surface area (Å²) in [6.07, 6.45) is 1.26. The summed E-state index contributed by atoms with van der Waals surface area (Å²) in [6.45, 7) is 0.877. The van der Waals surface area contributed by atoms with Gasteiger partial charge in [0.1, 0.15) is 6.04 Å². The van der Waals surface area contributed by atoms with Gasteiger partial charge in [-0.15, -0.1) is 0 Å². The van der Waals surface area contributed by atoms with Crippen LogP contribution >= 0.6 is 15.9 Å². The van der Waals surface area contributed by atoms with Gasteiger partial charge in [-0.3, -0.25) is 0 Å². The second-order valence-corrected chi connectivity index (χ2v) is 5.29. The lowest BCUT2D eigenvalue weighted by Crippen LogP contribution is -2.45. The monoisotopic (exact) mass is 326 g/mol. The average molecular weight is 327 g/mol. The predicted octanol–water partition coefficient (Wildman–Crippen LogP) is 2.21. The fourth-order valence-corrected chi connectivity index (χ4v) is 2.61. The minimum absolute atomic E-state index is 0.319. The lowest BCUT2D eigenvalue weighted by molar-refractivity contribution is -0.141. The van der Waals surface area contributed by atoms with Crippen LogP contribution in [0, 0.1) is 0 Å². The van der Waals surface area contributed by atoms with Crippen molar-refractivity contribution in [2.45, 2.75) is 25.4 Å². The van der Waals surface area contributed by atoms with Crippen LogP contribution in [0.2, 0.25) is 0 Å². The van der Waals surface area contributed by atoms with Crippen molar-refractivity contribution in [2.75, 3.05) is 6.54 Å². The molecule has 0 aromatic heterocycles. The number of nitrogens with one attached hydrogen (secondary N) is 1. The Balaban J connectivity index is 1.95. The van der Waals surface area contributed by atoms with Crippen LogP contribution in [0.5, 0.6) is 0 Å². The average Bonchev–Trinajstić information content (AvgIpc) is 2.87. The standard InChI is InChI=1S/C13H15BrN2O3/c14-10-5-2-1-4-9(10)8-15-13(19)16-7-3-6-11(16)12(17)18/h1-2,4-5,11H,3,6-8H2,(H,15,19)(H,17,18). The summed E-state index contributed by atoms with van der Waals surface area (Å²) in [6, 6.07) is 6.58. The first-order valence-electron chi connectivity index (χ1n) is 6.10. The first-order chi connectivity index (χ1) is 9.09. The summed E-state index contributed by atoms with van der Waals surface area (Å²) in [5.74, 6) is -0.937. The molecule has 2 N–H and O–H groups in total. The van der Waals surface area contributed by atoms with Crippen LogP contribution in [0.3, 0.4) is 0 Å². The van der Waals surface area contributed by atoms with Crippen LogP contribution in [0.4, 0.5) is 4.79 Å². The van der Waals surface area contributed by atoms with Crippen LogP contribution in [0.25, 0.3) is 0 Å². The first kappa shape index (κ1) is 13.9. The SMILES string of the molecule is O=C(O)C1CCCN1C(=O)NCc1ccccc1Br. The van der Waals surface area contributed by atoms with E-state index in [1.165, 1.54) is 4.90 Å². The quantitative estimate of drug-likeness (QED) is 0.894. The van der Waals surface area contributed by atoms with Gasteiger partial charge in [0, 0.05) is 17.6 Å². The van der Waals surface area contributed by atoms with Gasteiger partial charge < -0.3 is 15.3 Å². The van der Waals surface area contributed by atoms with Crippen LogP contribution in [0.15, 0.2) is 28.7 Å². The largest absolute Gasteiger partial charge is 0.480 e. The molecule has 0 radical (unpaired) electrons. The number of aliphatic carboxylic acids is 1. The maximum Gasteiger partial charge on any atom is 0.326 e. The number of halogens is 1. The van der Waals surface area contributed by atoms with Crippen molar-refractivity contribution in [3.63, 3.8) is 0 Å². The molecule has 1 atom stereocenters. The number of carbonyl (C=O) groups excluding carboxylic acids is 1. The molecule has 102 valence electrons. The lowest BCUT2D eigenvalue weighted by atomic mass is 10.2. The number of nitrogens with zero attached hydrogens (tertiary/aromatic N) is 1. The molecular formula is C13H15BrN2O3. The molecule has 0 bridgehead atoms. The summed E-state index contributed by atoms with van der Waals surface area (Å²) < 4.78 is 0.923. The number of carbonyl (C=O) groups is 2. The number of urea groups is 1. The lowest BCUT2D eigenvalue weighted by Gasteiger charge is -2.22. The Morgan fingerprint density at radius 3 is 2.84 bits per heavy atom. The van der Waals surface area contributed by atoms with Crippen molar-refractivity contribution < 1.29 is 14.7 Å². The number of carboxylic acid groups (broad SMARTS) is 1. The van der Waals surface area contributed by atoms with Gasteiger partial charge in [0.05, 0.1) is 0 Å². The summed E-state index contributed by atoms with van der Waals surface area (Å²) in [5.41, 5.74) is 0.960. The second-order valence-electron chi connectivity index (χ2n) is 4.44. The van der Waals surface area contributed by atoms with Gasteiger partial charge >= 0.3 is 12.0 Å². The number of benzene rings is 1. The van der Waals surface area contributed by atoms with Crippen LogP contribution < -0.4 is 5.32 Å². The van der Waals surface area contributed by atoms with E-state index >= 15 is 0 Å². The zero-order valence-electron chi connectivity index (χ0n) is 10.3. The number of hydrogen-bond acceptors (Lipinski definition) is 2. The van der Waals surface area contributed by atoms with E-state index in [1.54, 1.807) is 0 Å². The van der Waals surface area contributed by atoms with E-state index in [2.05, 4.69) is 21.2 Å². The van der Waals surface area contributed by atoms with Crippen molar-refractivity contribution in [3.05, 3.63) is 34.3 Å². The molecule has 1 saturated heterocycles. The maximum atomic E-state index is 12.0. The van der Waals surface area contributed by atoms with Gasteiger partial charge in [0.2, 0.25) is 0 Å². The molecular weight excluding hydrogens is 312 g/mol. The Bertz CT molecular complexity index is 493. The van der Waals surface area contributed by atoms with Crippen molar-refractivity contribution in [3.8, 4) is 0 Å². The highest BCUT2D eigenvalue weighted by atomic mass is 79.9. The smallest absolute Gasteiger partial charge is 0.326 e. The van der Waals surface area contributed by atoms with Crippen molar-refractivity contribution in [1.29, 1.82) is 0 Å². The molecule has 1 unspecified atom stereocenters. The molecule has 0 aliphatic carbocycles. The third-order valence-corrected chi connectivity index (χ3v) is 3.96. The van der Waals surface area contributed by atoms with Gasteiger partial charge in [-0.2, -0.15) is 0 Å². The highest BCUT2D eigenvalue weighted by molar-refractivity contribution is 9.10. The third-order valence-electron chi connectivity index (χ3n) is 3.19. The minimum Gasteiger partial charge on any atom is -0.480 e. The van der Waals surface area contributed by atoms with E-state index in [9.17, 15) is 9.59 Å². The summed E-state index contributed by atoms with van der Waals surface area (Å²) in [4.78, 5) is 24.4. The molecule has 6 heteroatoms. The fourth-order valence-electron chi connectivity index (χ4n) is 2.18. The number of likely N-dealkylation sites (tertiary alicyclic amines) is 1. The van der Waals surface area contributed by atoms with Gasteiger partial charge in [-0.25, -0.2) is 9.59 Å². The van der Waals surface area contributed by atoms with E-state index < -0.39 is 12.0 Å². The molecule has 2 rings (SSSR count). The van der Waals surface area contributed by atoms with Crippen LogP contribution in [0.1, 0.15) is 18.4 Å². The Hall–Kier alpha value is -1.56. The van der Waals surface area contributed by atoms with Crippen molar-refractivity contribution in [1.82, 2.24) is 10.2 Å². The van der Waals surface area contributed by atoms with Gasteiger partial charge in [-0.05, 0) is 24.5 Å². The summed E-state index contributed by atoms with van der Waals surface area (Å²) >= 11 is 3.41. The van der Waals surface area contributed by atoms with Gasteiger partial charge in [0.25, 0.3) is 0 Å². The predicted molar refractivity (Wildman–Crippen MR) is 73.7 cm³/mol. The molecule has 1 aliphatic heterocycles. The Kier molecular flexibility index (Phi) is 4.42. The molecule has 2 amide bonds. The number of carboxylic acids is 1. The van der Waals surface area contributed by atoms with Crippen LogP contribution in [-0.2, 0) is 11.3 Å². The zero-order chi connectivity index (χ0) is 13.8. The highest BCUT2D eigenvalue weighted by Gasteiger charge is 2.33. The van der Waals surface area contributed by atoms with Gasteiger partial charge in [-0.1, -0.05) is 34.1 Å². The molecule has 0 spiro atoms. The normalized spacial score (nSPS) is 18.4. The topological polar surface area (TPSA) is 69.6 Å². The maximum absolute atomic E-state index is 12.0. The minimum atomic E-state index is -0.937. The van der Waals surface area contributed by atoms with E-state index in [-0.39, 0.29) is 6.03 Å². The second kappa shape index (κ2) is 6.06. The Morgan fingerprint density at radius 2 is 2.16 bits per heavy atom. The molecule has 1 heterocycles. The molecule has 1 aromatic carbocycles. The Labute approximate surface area is 119 Å². The Morgan fingerprint density at radius 1 is 1.42 bits per heavy atom. The highest BCUT2D eigenvalue weighted by Crippen LogP contribution is 2.18. The summed E-state index contributed by atoms with van der Waals surface area (Å²) in [7, 11) is 0. The molecule has 1 aliphatic rings. The van der Waals surface area contributed by atoms with E-state index in [0.29, 0.717) is 19.5 Å².